The van der Waals surface area contributed by atoms with Crippen molar-refractivity contribution in [2.75, 3.05) is 30.3 Å². The van der Waals surface area contributed by atoms with Crippen LogP contribution in [0.15, 0.2) is 10.9 Å². The molecule has 12 heteroatoms. The van der Waals surface area contributed by atoms with Crippen LogP contribution >= 0.6 is 23.2 Å². The van der Waals surface area contributed by atoms with Gasteiger partial charge in [0.05, 0.1) is 23.4 Å². The standard InChI is InChI=1S/C20H24Cl2N8O2/c1-9-15(24)20(8-32-9)3-5-30(6-4-20)19-26-17-12(18(31)29(19)2)14(27-28-17)10-7-11(23)25-16(22)13(10)21/h7,9,15H,3-6,8,24H2,1-2H3,(H2,23,25)(H,27,28)/t9-,15+/m0/s1. The van der Waals surface area contributed by atoms with E-state index in [-0.39, 0.29) is 39.1 Å². The van der Waals surface area contributed by atoms with Gasteiger partial charge in [-0.05, 0) is 25.8 Å². The van der Waals surface area contributed by atoms with Crippen molar-refractivity contribution in [2.24, 2.45) is 18.2 Å². The summed E-state index contributed by atoms with van der Waals surface area (Å²) in [4.78, 5) is 24.1. The molecule has 2 aliphatic rings. The van der Waals surface area contributed by atoms with Crippen LogP contribution < -0.4 is 21.9 Å². The van der Waals surface area contributed by atoms with Crippen LogP contribution in [-0.2, 0) is 11.8 Å². The molecule has 2 fully saturated rings. The number of rotatable bonds is 2. The number of nitrogens with zero attached hydrogens (tertiary/aromatic N) is 5. The van der Waals surface area contributed by atoms with E-state index in [1.165, 1.54) is 4.57 Å². The Balaban J connectivity index is 1.52. The van der Waals surface area contributed by atoms with Crippen molar-refractivity contribution in [3.8, 4) is 11.3 Å². The predicted molar refractivity (Wildman–Crippen MR) is 124 cm³/mol. The summed E-state index contributed by atoms with van der Waals surface area (Å²) in [7, 11) is 1.70. The van der Waals surface area contributed by atoms with E-state index in [1.54, 1.807) is 13.1 Å². The minimum atomic E-state index is -0.244. The third-order valence-corrected chi connectivity index (χ3v) is 7.62. The zero-order valence-corrected chi connectivity index (χ0v) is 19.2. The van der Waals surface area contributed by atoms with Gasteiger partial charge in [0.2, 0.25) is 5.95 Å². The highest BCUT2D eigenvalue weighted by Crippen LogP contribution is 2.42. The molecule has 2 aliphatic heterocycles. The molecule has 32 heavy (non-hydrogen) atoms. The molecule has 0 radical (unpaired) electrons. The van der Waals surface area contributed by atoms with Gasteiger partial charge in [0.15, 0.2) is 10.8 Å². The number of hydrogen-bond acceptors (Lipinski definition) is 8. The number of anilines is 2. The Morgan fingerprint density at radius 3 is 2.66 bits per heavy atom. The van der Waals surface area contributed by atoms with Crippen LogP contribution in [0.5, 0.6) is 0 Å². The van der Waals surface area contributed by atoms with E-state index >= 15 is 0 Å². The van der Waals surface area contributed by atoms with Crippen LogP contribution in [0.25, 0.3) is 22.3 Å². The summed E-state index contributed by atoms with van der Waals surface area (Å²) in [5, 5.41) is 7.69. The molecule has 0 unspecified atom stereocenters. The van der Waals surface area contributed by atoms with E-state index in [9.17, 15) is 4.79 Å². The zero-order chi connectivity index (χ0) is 22.8. The molecule has 0 amide bonds. The highest BCUT2D eigenvalue weighted by molar-refractivity contribution is 6.43. The first-order valence-corrected chi connectivity index (χ1v) is 11.2. The molecule has 2 saturated heterocycles. The fraction of sp³-hybridized carbons (Fsp3) is 0.500. The average Bonchev–Trinajstić information content (AvgIpc) is 3.31. The number of ether oxygens (including phenoxy) is 1. The van der Waals surface area contributed by atoms with Crippen molar-refractivity contribution in [3.63, 3.8) is 0 Å². The maximum Gasteiger partial charge on any atom is 0.266 e. The van der Waals surface area contributed by atoms with E-state index < -0.39 is 0 Å². The van der Waals surface area contributed by atoms with Crippen LogP contribution in [0.1, 0.15) is 19.8 Å². The highest BCUT2D eigenvalue weighted by atomic mass is 35.5. The molecule has 170 valence electrons. The van der Waals surface area contributed by atoms with Crippen LogP contribution in [-0.4, -0.2) is 56.6 Å². The van der Waals surface area contributed by atoms with E-state index in [2.05, 4.69) is 20.1 Å². The second-order valence-electron chi connectivity index (χ2n) is 8.66. The molecule has 3 aromatic rings. The Bertz CT molecular complexity index is 1260. The number of hydrogen-bond donors (Lipinski definition) is 3. The number of nitrogens with one attached hydrogen (secondary N) is 1. The summed E-state index contributed by atoms with van der Waals surface area (Å²) in [6.07, 6.45) is 1.82. The molecule has 0 bridgehead atoms. The molecule has 1 spiro atoms. The fourth-order valence-corrected chi connectivity index (χ4v) is 5.24. The number of nitrogen functional groups attached to an aromatic ring is 1. The number of pyridine rings is 1. The Hall–Kier alpha value is -2.40. The Morgan fingerprint density at radius 1 is 1.28 bits per heavy atom. The average molecular weight is 479 g/mol. The summed E-state index contributed by atoms with van der Waals surface area (Å²) >= 11 is 12.4. The third-order valence-electron chi connectivity index (χ3n) is 6.87. The van der Waals surface area contributed by atoms with E-state index in [4.69, 9.17) is 44.4 Å². The van der Waals surface area contributed by atoms with E-state index in [0.717, 1.165) is 25.9 Å². The molecule has 0 aromatic carbocycles. The largest absolute Gasteiger partial charge is 0.384 e. The van der Waals surface area contributed by atoms with Gasteiger partial charge in [0, 0.05) is 37.2 Å². The van der Waals surface area contributed by atoms with Gasteiger partial charge in [0.1, 0.15) is 11.2 Å². The lowest BCUT2D eigenvalue weighted by Gasteiger charge is -2.41. The lowest BCUT2D eigenvalue weighted by molar-refractivity contribution is 0.0973. The van der Waals surface area contributed by atoms with Crippen molar-refractivity contribution in [3.05, 3.63) is 26.6 Å². The summed E-state index contributed by atoms with van der Waals surface area (Å²) < 4.78 is 7.34. The maximum atomic E-state index is 13.3. The lowest BCUT2D eigenvalue weighted by atomic mass is 9.73. The summed E-state index contributed by atoms with van der Waals surface area (Å²) in [6, 6.07) is 1.56. The van der Waals surface area contributed by atoms with Crippen molar-refractivity contribution >= 4 is 46.0 Å². The molecule has 0 saturated carbocycles. The van der Waals surface area contributed by atoms with E-state index in [0.29, 0.717) is 34.8 Å². The topological polar surface area (TPSA) is 141 Å². The van der Waals surface area contributed by atoms with Crippen LogP contribution in [0, 0.1) is 5.41 Å². The second kappa shape index (κ2) is 7.58. The molecule has 5 rings (SSSR count). The smallest absolute Gasteiger partial charge is 0.266 e. The molecule has 5 heterocycles. The minimum Gasteiger partial charge on any atom is -0.384 e. The van der Waals surface area contributed by atoms with Gasteiger partial charge >= 0.3 is 0 Å². The number of piperidine rings is 1. The Morgan fingerprint density at radius 2 is 2.00 bits per heavy atom. The van der Waals surface area contributed by atoms with Gasteiger partial charge < -0.3 is 21.1 Å². The minimum absolute atomic E-state index is 0.0159. The quantitative estimate of drug-likeness (QED) is 0.474. The Labute approximate surface area is 193 Å². The molecule has 2 atom stereocenters. The number of nitrogens with two attached hydrogens (primary N) is 2. The van der Waals surface area contributed by atoms with Crippen LogP contribution in [0.4, 0.5) is 11.8 Å². The molecule has 0 aliphatic carbocycles. The van der Waals surface area contributed by atoms with Gasteiger partial charge in [-0.3, -0.25) is 14.5 Å². The normalized spacial score (nSPS) is 22.8. The number of H-pyrrole nitrogens is 1. The zero-order valence-electron chi connectivity index (χ0n) is 17.7. The van der Waals surface area contributed by atoms with Crippen LogP contribution in [0.3, 0.4) is 0 Å². The summed E-state index contributed by atoms with van der Waals surface area (Å²) in [6.45, 7) is 4.16. The molecular weight excluding hydrogens is 455 g/mol. The second-order valence-corrected chi connectivity index (χ2v) is 9.40. The van der Waals surface area contributed by atoms with Gasteiger partial charge in [0.25, 0.3) is 5.56 Å². The summed E-state index contributed by atoms with van der Waals surface area (Å²) in [5.74, 6) is 0.749. The predicted octanol–water partition coefficient (Wildman–Crippen LogP) is 1.94. The third kappa shape index (κ3) is 3.16. The van der Waals surface area contributed by atoms with Gasteiger partial charge in [-0.2, -0.15) is 10.1 Å². The number of aromatic amines is 1. The molecule has 10 nitrogen and oxygen atoms in total. The monoisotopic (exact) mass is 478 g/mol. The maximum absolute atomic E-state index is 13.3. The number of fused-ring (bicyclic) bond motifs is 1. The van der Waals surface area contributed by atoms with Crippen molar-refractivity contribution in [1.82, 2.24) is 24.7 Å². The van der Waals surface area contributed by atoms with Crippen molar-refractivity contribution in [1.29, 1.82) is 0 Å². The lowest BCUT2D eigenvalue weighted by Crippen LogP contribution is -2.51. The van der Waals surface area contributed by atoms with Crippen LogP contribution in [0.2, 0.25) is 10.2 Å². The first-order chi connectivity index (χ1) is 15.2. The van der Waals surface area contributed by atoms with Crippen molar-refractivity contribution in [2.45, 2.75) is 31.9 Å². The first kappa shape index (κ1) is 21.4. The fourth-order valence-electron chi connectivity index (χ4n) is 4.85. The Kier molecular flexibility index (Phi) is 5.08. The number of aromatic nitrogens is 5. The highest BCUT2D eigenvalue weighted by Gasteiger charge is 2.47. The van der Waals surface area contributed by atoms with Gasteiger partial charge in [-0.25, -0.2) is 4.98 Å². The van der Waals surface area contributed by atoms with Gasteiger partial charge in [-0.1, -0.05) is 23.2 Å². The summed E-state index contributed by atoms with van der Waals surface area (Å²) in [5.41, 5.74) is 13.1. The van der Waals surface area contributed by atoms with Crippen molar-refractivity contribution < 1.29 is 4.74 Å². The first-order valence-electron chi connectivity index (χ1n) is 10.4. The van der Waals surface area contributed by atoms with E-state index in [1.807, 2.05) is 6.92 Å². The molecule has 5 N–H and O–H groups in total. The van der Waals surface area contributed by atoms with Gasteiger partial charge in [-0.15, -0.1) is 0 Å². The molecular formula is C20H24Cl2N8O2. The number of halogens is 2. The SMILES string of the molecule is C[C@@H]1OCC2(CCN(c3nc4n[nH]c(-c5cc(N)nc(Cl)c5Cl)c4c(=O)n3C)CC2)[C@@H]1N. The molecule has 3 aromatic heterocycles.